The first kappa shape index (κ1) is 19.6. The van der Waals surface area contributed by atoms with Gasteiger partial charge in [-0.1, -0.05) is 12.2 Å². The Labute approximate surface area is 172 Å². The molecule has 2 saturated heterocycles. The zero-order valence-corrected chi connectivity index (χ0v) is 16.8. The van der Waals surface area contributed by atoms with E-state index in [9.17, 15) is 9.59 Å². The number of amides is 2. The van der Waals surface area contributed by atoms with Crippen molar-refractivity contribution >= 4 is 11.8 Å². The summed E-state index contributed by atoms with van der Waals surface area (Å²) in [6, 6.07) is 1.52. The number of likely N-dealkylation sites (tertiary alicyclic amines) is 1. The summed E-state index contributed by atoms with van der Waals surface area (Å²) in [7, 11) is 0. The van der Waals surface area contributed by atoms with Crippen LogP contribution in [0.15, 0.2) is 35.8 Å². The molecule has 4 rings (SSSR count). The van der Waals surface area contributed by atoms with Crippen LogP contribution in [0, 0.1) is 17.8 Å². The van der Waals surface area contributed by atoms with Crippen molar-refractivity contribution in [3.05, 3.63) is 48.5 Å². The van der Waals surface area contributed by atoms with Gasteiger partial charge in [0.05, 0.1) is 11.5 Å². The van der Waals surface area contributed by atoms with E-state index in [-0.39, 0.29) is 29.8 Å². The summed E-state index contributed by atoms with van der Waals surface area (Å²) in [6.45, 7) is 8.35. The minimum Gasteiger partial charge on any atom is -0.463 e. The van der Waals surface area contributed by atoms with Gasteiger partial charge < -0.3 is 14.6 Å². The lowest BCUT2D eigenvalue weighted by atomic mass is 9.68. The molecule has 1 aromatic rings. The third-order valence-corrected chi connectivity index (χ3v) is 6.77. The van der Waals surface area contributed by atoms with Gasteiger partial charge in [-0.25, -0.2) is 0 Å². The number of piperidine rings is 1. The molecule has 152 valence electrons. The third kappa shape index (κ3) is 2.85. The number of carbonyl (C=O) groups is 2. The van der Waals surface area contributed by atoms with Crippen molar-refractivity contribution in [2.45, 2.75) is 62.9 Å². The predicted octanol–water partition coefficient (Wildman–Crippen LogP) is 3.63. The number of allylic oxidation sites excluding steroid dienone is 1. The molecule has 1 aliphatic carbocycles. The molecular weight excluding hydrogens is 364 g/mol. The standard InChI is InChI=1S/C24H28N2O3/c1-4-7-9-11-20(27)26-16(6-3)15-24-19(12-13-25-23(24)28)18-14-17(10-8-5-2)29-21(18)22(24)26/h2,4,6,14,16,19,22H,1,3,7-13,15H2,(H,25,28)/t16-,19-,22-,24-/m0/s1. The molecule has 1 aromatic heterocycles. The molecule has 0 radical (unpaired) electrons. The largest absolute Gasteiger partial charge is 0.463 e. The van der Waals surface area contributed by atoms with Crippen molar-refractivity contribution in [2.24, 2.45) is 5.41 Å². The summed E-state index contributed by atoms with van der Waals surface area (Å²) in [6.07, 6.45) is 13.7. The lowest BCUT2D eigenvalue weighted by molar-refractivity contribution is -0.140. The zero-order chi connectivity index (χ0) is 20.6. The first-order chi connectivity index (χ1) is 14.1. The maximum atomic E-state index is 13.2. The van der Waals surface area contributed by atoms with Crippen LogP contribution in [0.25, 0.3) is 0 Å². The van der Waals surface area contributed by atoms with Crippen molar-refractivity contribution in [3.8, 4) is 12.3 Å². The number of terminal acetylenes is 1. The molecule has 5 heteroatoms. The number of hydrogen-bond acceptors (Lipinski definition) is 3. The second kappa shape index (κ2) is 7.59. The van der Waals surface area contributed by atoms with E-state index in [2.05, 4.69) is 30.5 Å². The molecule has 2 fully saturated rings. The fourth-order valence-corrected chi connectivity index (χ4v) is 5.58. The number of nitrogens with zero attached hydrogens (tertiary/aromatic N) is 1. The molecule has 0 saturated carbocycles. The number of rotatable bonds is 7. The van der Waals surface area contributed by atoms with Gasteiger partial charge in [0.2, 0.25) is 11.8 Å². The van der Waals surface area contributed by atoms with Crippen LogP contribution in [0.3, 0.4) is 0 Å². The average molecular weight is 392 g/mol. The molecule has 2 amide bonds. The number of unbranched alkanes of at least 4 members (excludes halogenated alkanes) is 1. The van der Waals surface area contributed by atoms with Crippen LogP contribution in [-0.4, -0.2) is 29.3 Å². The Hall–Kier alpha value is -2.74. The molecule has 0 aromatic carbocycles. The van der Waals surface area contributed by atoms with Gasteiger partial charge in [-0.05, 0) is 31.7 Å². The van der Waals surface area contributed by atoms with Crippen molar-refractivity contribution in [3.63, 3.8) is 0 Å². The maximum Gasteiger partial charge on any atom is 0.229 e. The van der Waals surface area contributed by atoms with Crippen molar-refractivity contribution in [1.82, 2.24) is 10.2 Å². The molecule has 1 N–H and O–H groups in total. The van der Waals surface area contributed by atoms with E-state index < -0.39 is 5.41 Å². The summed E-state index contributed by atoms with van der Waals surface area (Å²) in [5.74, 6) is 4.41. The minimum atomic E-state index is -0.663. The van der Waals surface area contributed by atoms with Crippen molar-refractivity contribution in [2.75, 3.05) is 6.54 Å². The fourth-order valence-electron chi connectivity index (χ4n) is 5.58. The molecule has 2 aliphatic heterocycles. The smallest absolute Gasteiger partial charge is 0.229 e. The van der Waals surface area contributed by atoms with E-state index in [1.54, 1.807) is 6.08 Å². The average Bonchev–Trinajstić information content (AvgIpc) is 3.34. The van der Waals surface area contributed by atoms with Crippen molar-refractivity contribution < 1.29 is 14.0 Å². The molecule has 3 heterocycles. The minimum absolute atomic E-state index is 0.0311. The third-order valence-electron chi connectivity index (χ3n) is 6.77. The summed E-state index contributed by atoms with van der Waals surface area (Å²) in [5.41, 5.74) is 0.424. The molecule has 3 aliphatic rings. The summed E-state index contributed by atoms with van der Waals surface area (Å²) in [5, 5.41) is 3.05. The number of hydrogen-bond donors (Lipinski definition) is 1. The van der Waals surface area contributed by atoms with Crippen LogP contribution in [0.2, 0.25) is 0 Å². The highest BCUT2D eigenvalue weighted by molar-refractivity contribution is 5.90. The Kier molecular flexibility index (Phi) is 5.12. The first-order valence-electron chi connectivity index (χ1n) is 10.5. The second-order valence-electron chi connectivity index (χ2n) is 8.27. The highest BCUT2D eigenvalue weighted by Gasteiger charge is 2.68. The van der Waals surface area contributed by atoms with E-state index in [0.717, 1.165) is 36.3 Å². The topological polar surface area (TPSA) is 62.6 Å². The van der Waals surface area contributed by atoms with E-state index >= 15 is 0 Å². The van der Waals surface area contributed by atoms with E-state index in [1.165, 1.54) is 0 Å². The molecule has 0 unspecified atom stereocenters. The number of nitrogens with one attached hydrogen (secondary N) is 1. The van der Waals surface area contributed by atoms with Gasteiger partial charge in [0, 0.05) is 37.3 Å². The summed E-state index contributed by atoms with van der Waals surface area (Å²) >= 11 is 0. The lowest BCUT2D eigenvalue weighted by Gasteiger charge is -2.38. The van der Waals surface area contributed by atoms with Gasteiger partial charge in [-0.2, -0.15) is 0 Å². The van der Waals surface area contributed by atoms with E-state index in [4.69, 9.17) is 10.8 Å². The van der Waals surface area contributed by atoms with Crippen molar-refractivity contribution in [1.29, 1.82) is 0 Å². The zero-order valence-electron chi connectivity index (χ0n) is 16.8. The SMILES string of the molecule is C#CCCc1cc2c(o1)[C@@H]1N(C(=O)CCCC=C)[C@@H](C=C)C[C@@]13C(=O)NCC[C@@H]23. The second-order valence-corrected chi connectivity index (χ2v) is 8.27. The molecule has 4 atom stereocenters. The maximum absolute atomic E-state index is 13.2. The summed E-state index contributed by atoms with van der Waals surface area (Å²) < 4.78 is 6.26. The Morgan fingerprint density at radius 2 is 2.31 bits per heavy atom. The predicted molar refractivity (Wildman–Crippen MR) is 111 cm³/mol. The Morgan fingerprint density at radius 1 is 1.48 bits per heavy atom. The monoisotopic (exact) mass is 392 g/mol. The van der Waals surface area contributed by atoms with E-state index in [1.807, 2.05) is 11.0 Å². The molecule has 29 heavy (non-hydrogen) atoms. The number of furan rings is 1. The van der Waals surface area contributed by atoms with Gasteiger partial charge in [0.15, 0.2) is 0 Å². The van der Waals surface area contributed by atoms with E-state index in [0.29, 0.717) is 32.2 Å². The molecular formula is C24H28N2O3. The Morgan fingerprint density at radius 3 is 3.03 bits per heavy atom. The van der Waals surface area contributed by atoms with Gasteiger partial charge in [-0.3, -0.25) is 9.59 Å². The number of fused-ring (bicyclic) bond motifs is 3. The van der Waals surface area contributed by atoms with Crippen LogP contribution >= 0.6 is 0 Å². The first-order valence-corrected chi connectivity index (χ1v) is 10.5. The van der Waals surface area contributed by atoms with Gasteiger partial charge in [0.1, 0.15) is 17.6 Å². The van der Waals surface area contributed by atoms with Crippen LogP contribution in [-0.2, 0) is 16.0 Å². The van der Waals surface area contributed by atoms with Crippen LogP contribution < -0.4 is 5.32 Å². The van der Waals surface area contributed by atoms with Gasteiger partial charge >= 0.3 is 0 Å². The number of carbonyl (C=O) groups excluding carboxylic acids is 2. The molecule has 1 spiro atoms. The Bertz CT molecular complexity index is 892. The Balaban J connectivity index is 1.76. The quantitative estimate of drug-likeness (QED) is 0.438. The molecule has 0 bridgehead atoms. The van der Waals surface area contributed by atoms with Crippen LogP contribution in [0.5, 0.6) is 0 Å². The van der Waals surface area contributed by atoms with Crippen LogP contribution in [0.1, 0.15) is 67.6 Å². The highest BCUT2D eigenvalue weighted by Crippen LogP contribution is 2.66. The number of aryl methyl sites for hydroxylation is 1. The fraction of sp³-hybridized carbons (Fsp3) is 0.500. The molecule has 5 nitrogen and oxygen atoms in total. The normalized spacial score (nSPS) is 29.4. The van der Waals surface area contributed by atoms with Gasteiger partial charge in [-0.15, -0.1) is 25.5 Å². The highest BCUT2D eigenvalue weighted by atomic mass is 16.3. The summed E-state index contributed by atoms with van der Waals surface area (Å²) in [4.78, 5) is 28.3. The lowest BCUT2D eigenvalue weighted by Crippen LogP contribution is -2.50. The van der Waals surface area contributed by atoms with Crippen LogP contribution in [0.4, 0.5) is 0 Å². The van der Waals surface area contributed by atoms with Gasteiger partial charge in [0.25, 0.3) is 0 Å².